The van der Waals surface area contributed by atoms with Gasteiger partial charge < -0.3 is 19.3 Å². The van der Waals surface area contributed by atoms with Crippen LogP contribution < -0.4 is 15.1 Å². The minimum Gasteiger partial charge on any atom is -0.495 e. The van der Waals surface area contributed by atoms with Crippen molar-refractivity contribution in [2.24, 2.45) is 0 Å². The number of pyridine rings is 1. The van der Waals surface area contributed by atoms with Crippen molar-refractivity contribution in [1.29, 1.82) is 0 Å². The minimum absolute atomic E-state index is 0.261. The van der Waals surface area contributed by atoms with Gasteiger partial charge in [-0.2, -0.15) is 0 Å². The van der Waals surface area contributed by atoms with Crippen LogP contribution in [0.4, 0.5) is 5.69 Å². The Morgan fingerprint density at radius 2 is 1.79 bits per heavy atom. The van der Waals surface area contributed by atoms with E-state index in [1.54, 1.807) is 26.2 Å². The monoisotopic (exact) mass is 416 g/mol. The first kappa shape index (κ1) is 23.0. The summed E-state index contributed by atoms with van der Waals surface area (Å²) in [6.45, 7) is 9.28. The van der Waals surface area contributed by atoms with Gasteiger partial charge >= 0.3 is 0 Å². The lowest BCUT2D eigenvalue weighted by Crippen LogP contribution is -2.22. The summed E-state index contributed by atoms with van der Waals surface area (Å²) in [6.07, 6.45) is 0. The van der Waals surface area contributed by atoms with E-state index in [-0.39, 0.29) is 6.61 Å². The van der Waals surface area contributed by atoms with Crippen LogP contribution in [0.15, 0.2) is 30.3 Å². The first-order valence-corrected chi connectivity index (χ1v) is 11.7. The molecule has 0 saturated heterocycles. The molecule has 0 amide bonds. The first-order valence-electron chi connectivity index (χ1n) is 9.67. The number of benzene rings is 1. The van der Waals surface area contributed by atoms with E-state index in [1.807, 2.05) is 18.2 Å². The highest BCUT2D eigenvalue weighted by molar-refractivity contribution is 7.65. The van der Waals surface area contributed by atoms with Gasteiger partial charge in [0.2, 0.25) is 7.37 Å². The number of aromatic nitrogens is 1. The maximum absolute atomic E-state index is 12.7. The van der Waals surface area contributed by atoms with Crippen LogP contribution in [-0.2, 0) is 15.7 Å². The van der Waals surface area contributed by atoms with Crippen molar-refractivity contribution in [3.8, 4) is 17.6 Å². The second-order valence-electron chi connectivity index (χ2n) is 6.44. The molecule has 0 radical (unpaired) electrons. The maximum atomic E-state index is 12.7. The van der Waals surface area contributed by atoms with Gasteiger partial charge in [-0.25, -0.2) is 4.98 Å². The van der Waals surface area contributed by atoms with E-state index in [1.165, 1.54) is 6.66 Å². The topological polar surface area (TPSA) is 71.9 Å². The van der Waals surface area contributed by atoms with Crippen molar-refractivity contribution in [2.75, 3.05) is 38.4 Å². The predicted molar refractivity (Wildman–Crippen MR) is 117 cm³/mol. The van der Waals surface area contributed by atoms with E-state index >= 15 is 0 Å². The third kappa shape index (κ3) is 5.83. The number of hydrogen-bond acceptors (Lipinski definition) is 6. The second-order valence-corrected chi connectivity index (χ2v) is 8.84. The molecule has 29 heavy (non-hydrogen) atoms. The van der Waals surface area contributed by atoms with Crippen LogP contribution in [-0.4, -0.2) is 43.6 Å². The fourth-order valence-corrected chi connectivity index (χ4v) is 4.28. The van der Waals surface area contributed by atoms with Crippen LogP contribution in [0, 0.1) is 11.8 Å². The average Bonchev–Trinajstić information content (AvgIpc) is 2.73. The molecule has 1 unspecified atom stereocenters. The van der Waals surface area contributed by atoms with Crippen LogP contribution in [0.25, 0.3) is 0 Å². The SMILES string of the molecule is CCOP(C)(=O)c1cc(C#Cc2ccc(OC)c(N(CC)CC)c2)cc(CO)n1. The Kier molecular flexibility index (Phi) is 8.28. The molecule has 0 aliphatic heterocycles. The predicted octanol–water partition coefficient (Wildman–Crippen LogP) is 3.40. The molecular weight excluding hydrogens is 387 g/mol. The van der Waals surface area contributed by atoms with Gasteiger partial charge in [0.05, 0.1) is 31.7 Å². The van der Waals surface area contributed by atoms with Crippen LogP contribution in [0.2, 0.25) is 0 Å². The Balaban J connectivity index is 2.45. The Morgan fingerprint density at radius 3 is 2.38 bits per heavy atom. The largest absolute Gasteiger partial charge is 0.495 e. The number of hydrogen-bond donors (Lipinski definition) is 1. The molecule has 0 aliphatic carbocycles. The number of anilines is 1. The molecule has 1 N–H and O–H groups in total. The molecule has 0 spiro atoms. The van der Waals surface area contributed by atoms with Crippen LogP contribution >= 0.6 is 7.37 Å². The summed E-state index contributed by atoms with van der Waals surface area (Å²) in [5.41, 5.74) is 3.17. The number of methoxy groups -OCH3 is 1. The molecule has 0 aliphatic rings. The van der Waals surface area contributed by atoms with Crippen molar-refractivity contribution in [3.05, 3.63) is 47.2 Å². The summed E-state index contributed by atoms with van der Waals surface area (Å²) in [6, 6.07) is 9.16. The summed E-state index contributed by atoms with van der Waals surface area (Å²) in [5.74, 6) is 7.04. The molecule has 7 heteroatoms. The van der Waals surface area contributed by atoms with Gasteiger partial charge in [-0.15, -0.1) is 0 Å². The normalized spacial score (nSPS) is 12.6. The number of rotatable bonds is 8. The highest BCUT2D eigenvalue weighted by Gasteiger charge is 2.21. The Hall–Kier alpha value is -2.32. The lowest BCUT2D eigenvalue weighted by atomic mass is 10.1. The van der Waals surface area contributed by atoms with Crippen molar-refractivity contribution in [2.45, 2.75) is 27.4 Å². The molecule has 156 valence electrons. The third-order valence-corrected chi connectivity index (χ3v) is 6.26. The van der Waals surface area contributed by atoms with Crippen LogP contribution in [0.3, 0.4) is 0 Å². The van der Waals surface area contributed by atoms with Crippen molar-refractivity contribution in [1.82, 2.24) is 4.98 Å². The van der Waals surface area contributed by atoms with Crippen molar-refractivity contribution < 1.29 is 18.9 Å². The summed E-state index contributed by atoms with van der Waals surface area (Å²) in [5, 5.41) is 9.52. The van der Waals surface area contributed by atoms with Gasteiger partial charge in [0.15, 0.2) is 0 Å². The second kappa shape index (κ2) is 10.5. The summed E-state index contributed by atoms with van der Waals surface area (Å²) >= 11 is 0. The van der Waals surface area contributed by atoms with Crippen molar-refractivity contribution in [3.63, 3.8) is 0 Å². The van der Waals surface area contributed by atoms with Gasteiger partial charge in [0.1, 0.15) is 11.2 Å². The fourth-order valence-electron chi connectivity index (χ4n) is 2.97. The van der Waals surface area contributed by atoms with Crippen LogP contribution in [0.5, 0.6) is 5.75 Å². The summed E-state index contributed by atoms with van der Waals surface area (Å²) in [4.78, 5) is 6.45. The van der Waals surface area contributed by atoms with Crippen molar-refractivity contribution >= 4 is 18.5 Å². The maximum Gasteiger partial charge on any atom is 0.247 e. The van der Waals surface area contributed by atoms with E-state index in [0.717, 1.165) is 30.1 Å². The lowest BCUT2D eigenvalue weighted by Gasteiger charge is -2.23. The Bertz CT molecular complexity index is 946. The Morgan fingerprint density at radius 1 is 1.10 bits per heavy atom. The smallest absolute Gasteiger partial charge is 0.247 e. The molecule has 6 nitrogen and oxygen atoms in total. The third-order valence-electron chi connectivity index (χ3n) is 4.45. The molecular formula is C22H29N2O4P. The van der Waals surface area contributed by atoms with Gasteiger partial charge in [-0.05, 0) is 51.1 Å². The van der Waals surface area contributed by atoms with E-state index in [0.29, 0.717) is 23.3 Å². The lowest BCUT2D eigenvalue weighted by molar-refractivity contribution is 0.277. The standard InChI is InChI=1S/C22H29N2O4P/c1-6-24(7-2)20-14-17(11-12-21(20)27-4)9-10-18-13-19(16-25)23-22(15-18)29(5,26)28-8-3/h11-15,25H,6-8,16H2,1-5H3. The Labute approximate surface area is 173 Å². The highest BCUT2D eigenvalue weighted by atomic mass is 31.2. The van der Waals surface area contributed by atoms with E-state index in [4.69, 9.17) is 9.26 Å². The van der Waals surface area contributed by atoms with Crippen LogP contribution in [0.1, 0.15) is 37.6 Å². The molecule has 0 bridgehead atoms. The molecule has 0 saturated carbocycles. The number of aliphatic hydroxyl groups is 1. The zero-order valence-electron chi connectivity index (χ0n) is 17.7. The summed E-state index contributed by atoms with van der Waals surface area (Å²) < 4.78 is 23.6. The molecule has 2 rings (SSSR count). The number of aliphatic hydroxyl groups excluding tert-OH is 1. The zero-order valence-corrected chi connectivity index (χ0v) is 18.6. The fraction of sp³-hybridized carbons (Fsp3) is 0.409. The average molecular weight is 416 g/mol. The first-order chi connectivity index (χ1) is 13.9. The quantitative estimate of drug-likeness (QED) is 0.525. The van der Waals surface area contributed by atoms with E-state index < -0.39 is 7.37 Å². The zero-order chi connectivity index (χ0) is 21.4. The van der Waals surface area contributed by atoms with Gasteiger partial charge in [-0.3, -0.25) is 4.57 Å². The number of nitrogens with zero attached hydrogens (tertiary/aromatic N) is 2. The molecule has 1 atom stereocenters. The molecule has 1 aromatic carbocycles. The van der Waals surface area contributed by atoms with Gasteiger partial charge in [0.25, 0.3) is 0 Å². The van der Waals surface area contributed by atoms with Gasteiger partial charge in [0, 0.05) is 30.9 Å². The molecule has 0 fully saturated rings. The van der Waals surface area contributed by atoms with E-state index in [2.05, 4.69) is 35.6 Å². The highest BCUT2D eigenvalue weighted by Crippen LogP contribution is 2.40. The molecule has 1 aromatic heterocycles. The van der Waals surface area contributed by atoms with E-state index in [9.17, 15) is 9.67 Å². The van der Waals surface area contributed by atoms with Gasteiger partial charge in [-0.1, -0.05) is 11.8 Å². The minimum atomic E-state index is -3.06. The molecule has 1 heterocycles. The number of ether oxygens (including phenoxy) is 1. The molecule has 2 aromatic rings. The summed E-state index contributed by atoms with van der Waals surface area (Å²) in [7, 11) is -1.40.